The molecule has 1 atom stereocenters. The van der Waals surface area contributed by atoms with Crippen LogP contribution in [-0.4, -0.2) is 53.6 Å². The van der Waals surface area contributed by atoms with E-state index in [-0.39, 0.29) is 29.5 Å². The fraction of sp³-hybridized carbons (Fsp3) is 0.261. The van der Waals surface area contributed by atoms with Gasteiger partial charge in [-0.15, -0.1) is 0 Å². The molecule has 2 heterocycles. The SMILES string of the molecule is CCNC(=O)CC1C(O)=C(c2nc3ccccc3[nH]2)C(=N)N1c1cc(OC)cc(OC)c1. The number of amidine groups is 1. The van der Waals surface area contributed by atoms with Gasteiger partial charge < -0.3 is 29.8 Å². The van der Waals surface area contributed by atoms with Gasteiger partial charge in [-0.2, -0.15) is 0 Å². The van der Waals surface area contributed by atoms with Gasteiger partial charge in [0.2, 0.25) is 5.91 Å². The van der Waals surface area contributed by atoms with Crippen LogP contribution in [0.15, 0.2) is 48.2 Å². The third kappa shape index (κ3) is 3.73. The number of amides is 1. The van der Waals surface area contributed by atoms with Gasteiger partial charge >= 0.3 is 0 Å². The monoisotopic (exact) mass is 435 g/mol. The van der Waals surface area contributed by atoms with Crippen LogP contribution in [0.25, 0.3) is 16.6 Å². The Morgan fingerprint density at radius 2 is 1.91 bits per heavy atom. The first-order valence-electron chi connectivity index (χ1n) is 10.2. The standard InChI is InChI=1S/C23H25N5O4/c1-4-25-19(29)12-18-21(30)20(23-26-16-7-5-6-8-17(16)27-23)22(24)28(18)13-9-14(31-2)11-15(10-13)32-3/h5-11,18,24,30H,4,12H2,1-3H3,(H,25,29)(H,26,27). The number of benzene rings is 2. The molecule has 3 aromatic rings. The Kier molecular flexibility index (Phi) is 5.72. The predicted octanol–water partition coefficient (Wildman–Crippen LogP) is 3.24. The van der Waals surface area contributed by atoms with E-state index in [1.165, 1.54) is 14.2 Å². The van der Waals surface area contributed by atoms with Crippen molar-refractivity contribution in [3.05, 3.63) is 54.0 Å². The first kappa shape index (κ1) is 21.2. The van der Waals surface area contributed by atoms with E-state index in [0.717, 1.165) is 11.0 Å². The minimum absolute atomic E-state index is 0.0196. The topological polar surface area (TPSA) is 124 Å². The Morgan fingerprint density at radius 1 is 1.22 bits per heavy atom. The summed E-state index contributed by atoms with van der Waals surface area (Å²) in [5, 5.41) is 22.9. The molecule has 0 saturated heterocycles. The average Bonchev–Trinajstić information content (AvgIpc) is 3.31. The molecule has 0 saturated carbocycles. The lowest BCUT2D eigenvalue weighted by atomic mass is 10.1. The highest BCUT2D eigenvalue weighted by Crippen LogP contribution is 2.39. The fourth-order valence-corrected chi connectivity index (χ4v) is 3.86. The van der Waals surface area contributed by atoms with E-state index in [0.29, 0.717) is 29.6 Å². The summed E-state index contributed by atoms with van der Waals surface area (Å²) in [6, 6.07) is 11.9. The minimum Gasteiger partial charge on any atom is -0.509 e. The molecule has 0 bridgehead atoms. The minimum atomic E-state index is -0.783. The number of hydrogen-bond acceptors (Lipinski definition) is 6. The van der Waals surface area contributed by atoms with E-state index in [1.54, 1.807) is 23.1 Å². The van der Waals surface area contributed by atoms with Gasteiger partial charge in [-0.1, -0.05) is 12.1 Å². The molecule has 166 valence electrons. The molecule has 1 aliphatic heterocycles. The number of rotatable bonds is 7. The van der Waals surface area contributed by atoms with E-state index in [2.05, 4.69) is 15.3 Å². The van der Waals surface area contributed by atoms with Crippen molar-refractivity contribution in [2.75, 3.05) is 25.7 Å². The zero-order valence-corrected chi connectivity index (χ0v) is 18.1. The molecule has 9 nitrogen and oxygen atoms in total. The van der Waals surface area contributed by atoms with Crippen LogP contribution in [0.1, 0.15) is 19.2 Å². The zero-order chi connectivity index (χ0) is 22.8. The summed E-state index contributed by atoms with van der Waals surface area (Å²) in [4.78, 5) is 21.8. The number of imidazole rings is 1. The van der Waals surface area contributed by atoms with E-state index in [1.807, 2.05) is 31.2 Å². The number of carbonyl (C=O) groups is 1. The van der Waals surface area contributed by atoms with Crippen LogP contribution in [0.2, 0.25) is 0 Å². The highest BCUT2D eigenvalue weighted by molar-refractivity contribution is 6.31. The van der Waals surface area contributed by atoms with Gasteiger partial charge in [-0.3, -0.25) is 10.2 Å². The third-order valence-electron chi connectivity index (χ3n) is 5.35. The van der Waals surface area contributed by atoms with Crippen LogP contribution in [0.5, 0.6) is 11.5 Å². The number of anilines is 1. The maximum absolute atomic E-state index is 12.4. The van der Waals surface area contributed by atoms with Gasteiger partial charge in [-0.05, 0) is 19.1 Å². The van der Waals surface area contributed by atoms with Gasteiger partial charge in [0.15, 0.2) is 0 Å². The molecule has 2 aromatic carbocycles. The van der Waals surface area contributed by atoms with E-state index in [4.69, 9.17) is 14.9 Å². The van der Waals surface area contributed by atoms with Gasteiger partial charge in [0.1, 0.15) is 35.0 Å². The Bertz CT molecular complexity index is 1160. The number of aliphatic hydroxyl groups is 1. The summed E-state index contributed by atoms with van der Waals surface area (Å²) in [6.45, 7) is 2.30. The van der Waals surface area contributed by atoms with Crippen molar-refractivity contribution < 1.29 is 19.4 Å². The average molecular weight is 435 g/mol. The normalized spacial score (nSPS) is 16.0. The molecule has 4 N–H and O–H groups in total. The molecule has 32 heavy (non-hydrogen) atoms. The van der Waals surface area contributed by atoms with E-state index in [9.17, 15) is 9.90 Å². The summed E-state index contributed by atoms with van der Waals surface area (Å²) in [5.74, 6) is 1.11. The maximum Gasteiger partial charge on any atom is 0.222 e. The number of H-pyrrole nitrogens is 1. The third-order valence-corrected chi connectivity index (χ3v) is 5.35. The molecular formula is C23H25N5O4. The molecular weight excluding hydrogens is 410 g/mol. The molecule has 1 amide bonds. The van der Waals surface area contributed by atoms with Crippen molar-refractivity contribution >= 4 is 34.0 Å². The van der Waals surface area contributed by atoms with E-state index >= 15 is 0 Å². The number of hydrogen-bond donors (Lipinski definition) is 4. The molecule has 0 fully saturated rings. The second-order valence-corrected chi connectivity index (χ2v) is 7.33. The van der Waals surface area contributed by atoms with Crippen LogP contribution in [0.4, 0.5) is 5.69 Å². The molecule has 0 radical (unpaired) electrons. The molecule has 4 rings (SSSR count). The van der Waals surface area contributed by atoms with Crippen molar-refractivity contribution in [1.29, 1.82) is 5.41 Å². The highest BCUT2D eigenvalue weighted by Gasteiger charge is 2.41. The number of fused-ring (bicyclic) bond motifs is 1. The largest absolute Gasteiger partial charge is 0.509 e. The number of methoxy groups -OCH3 is 2. The quantitative estimate of drug-likeness (QED) is 0.452. The summed E-state index contributed by atoms with van der Waals surface area (Å²) >= 11 is 0. The Morgan fingerprint density at radius 3 is 2.53 bits per heavy atom. The van der Waals surface area contributed by atoms with Crippen LogP contribution in [-0.2, 0) is 4.79 Å². The maximum atomic E-state index is 12.4. The summed E-state index contributed by atoms with van der Waals surface area (Å²) in [6.07, 6.45) is -0.0364. The lowest BCUT2D eigenvalue weighted by molar-refractivity contribution is -0.121. The Labute approximate surface area is 185 Å². The number of nitrogens with one attached hydrogen (secondary N) is 3. The second-order valence-electron chi connectivity index (χ2n) is 7.33. The van der Waals surface area contributed by atoms with Crippen LogP contribution >= 0.6 is 0 Å². The summed E-state index contributed by atoms with van der Waals surface area (Å²) < 4.78 is 10.7. The summed E-state index contributed by atoms with van der Waals surface area (Å²) in [7, 11) is 3.07. The number of aromatic nitrogens is 2. The van der Waals surface area contributed by atoms with Crippen LogP contribution in [0.3, 0.4) is 0 Å². The molecule has 0 spiro atoms. The van der Waals surface area contributed by atoms with Crippen molar-refractivity contribution in [2.24, 2.45) is 0 Å². The fourth-order valence-electron chi connectivity index (χ4n) is 3.86. The lowest BCUT2D eigenvalue weighted by Crippen LogP contribution is -2.39. The molecule has 1 aliphatic rings. The number of aromatic amines is 1. The number of ether oxygens (including phenoxy) is 2. The second kappa shape index (κ2) is 8.62. The zero-order valence-electron chi connectivity index (χ0n) is 18.1. The van der Waals surface area contributed by atoms with Crippen molar-refractivity contribution in [3.8, 4) is 11.5 Å². The first-order chi connectivity index (χ1) is 15.5. The van der Waals surface area contributed by atoms with Gasteiger partial charge in [0, 0.05) is 24.7 Å². The number of carbonyl (C=O) groups excluding carboxylic acids is 1. The van der Waals surface area contributed by atoms with Crippen molar-refractivity contribution in [3.63, 3.8) is 0 Å². The number of nitrogens with zero attached hydrogens (tertiary/aromatic N) is 2. The van der Waals surface area contributed by atoms with Gasteiger partial charge in [-0.25, -0.2) is 4.98 Å². The molecule has 0 aliphatic carbocycles. The van der Waals surface area contributed by atoms with E-state index < -0.39 is 6.04 Å². The van der Waals surface area contributed by atoms with Crippen molar-refractivity contribution in [2.45, 2.75) is 19.4 Å². The molecule has 1 unspecified atom stereocenters. The van der Waals surface area contributed by atoms with Crippen LogP contribution in [0, 0.1) is 5.41 Å². The van der Waals surface area contributed by atoms with Crippen molar-refractivity contribution in [1.82, 2.24) is 15.3 Å². The molecule has 1 aromatic heterocycles. The van der Waals surface area contributed by atoms with Crippen LogP contribution < -0.4 is 19.7 Å². The highest BCUT2D eigenvalue weighted by atomic mass is 16.5. The smallest absolute Gasteiger partial charge is 0.222 e. The van der Waals surface area contributed by atoms with Gasteiger partial charge in [0.25, 0.3) is 0 Å². The summed E-state index contributed by atoms with van der Waals surface area (Å²) in [5.41, 5.74) is 2.31. The first-order valence-corrected chi connectivity index (χ1v) is 10.2. The number of para-hydroxylation sites is 2. The van der Waals surface area contributed by atoms with Gasteiger partial charge in [0.05, 0.1) is 42.9 Å². The number of aliphatic hydroxyl groups excluding tert-OH is 1. The lowest BCUT2D eigenvalue weighted by Gasteiger charge is -2.27. The Balaban J connectivity index is 1.82. The molecule has 9 heteroatoms. The predicted molar refractivity (Wildman–Crippen MR) is 122 cm³/mol. The Hall–Kier alpha value is -4.01.